The number of amides is 2. The predicted octanol–water partition coefficient (Wildman–Crippen LogP) is 4.67. The molecule has 1 fully saturated rings. The fourth-order valence-corrected chi connectivity index (χ4v) is 3.67. The summed E-state index contributed by atoms with van der Waals surface area (Å²) in [5.74, 6) is -2.97. The number of nitrogens with zero attached hydrogens (tertiary/aromatic N) is 3. The van der Waals surface area contributed by atoms with Crippen molar-refractivity contribution in [1.29, 1.82) is 0 Å². The molecule has 0 bridgehead atoms. The molecule has 0 aliphatic carbocycles. The van der Waals surface area contributed by atoms with Gasteiger partial charge in [0.25, 0.3) is 5.91 Å². The van der Waals surface area contributed by atoms with Crippen molar-refractivity contribution in [3.63, 3.8) is 0 Å². The van der Waals surface area contributed by atoms with Gasteiger partial charge in [-0.05, 0) is 24.1 Å². The summed E-state index contributed by atoms with van der Waals surface area (Å²) in [5.41, 5.74) is -1.37. The molecule has 180 valence electrons. The molecule has 0 atom stereocenters. The first-order chi connectivity index (χ1) is 15.9. The van der Waals surface area contributed by atoms with E-state index in [-0.39, 0.29) is 30.2 Å². The quantitative estimate of drug-likeness (QED) is 0.523. The predicted molar refractivity (Wildman–Crippen MR) is 106 cm³/mol. The van der Waals surface area contributed by atoms with E-state index in [4.69, 9.17) is 16.0 Å². The zero-order chi connectivity index (χ0) is 24.8. The Labute approximate surface area is 191 Å². The topological polar surface area (TPSA) is 79.9 Å². The van der Waals surface area contributed by atoms with Gasteiger partial charge in [-0.25, -0.2) is 4.98 Å². The number of likely N-dealkylation sites (tertiary alicyclic amines) is 1. The molecule has 2 amide bonds. The number of rotatable bonds is 3. The van der Waals surface area contributed by atoms with E-state index in [2.05, 4.69) is 4.98 Å². The van der Waals surface area contributed by atoms with Crippen molar-refractivity contribution in [2.45, 2.75) is 18.8 Å². The van der Waals surface area contributed by atoms with E-state index in [0.717, 1.165) is 21.6 Å². The van der Waals surface area contributed by atoms with Crippen molar-refractivity contribution < 1.29 is 40.3 Å². The Kier molecular flexibility index (Phi) is 5.84. The second kappa shape index (κ2) is 8.38. The minimum atomic E-state index is -5.07. The van der Waals surface area contributed by atoms with Crippen molar-refractivity contribution in [2.75, 3.05) is 13.1 Å². The minimum Gasteiger partial charge on any atom is -0.472 e. The normalized spacial score (nSPS) is 16.0. The van der Waals surface area contributed by atoms with E-state index in [1.165, 1.54) is 24.8 Å². The molecule has 1 aliphatic heterocycles. The molecule has 34 heavy (non-hydrogen) atoms. The molecule has 3 aromatic heterocycles. The van der Waals surface area contributed by atoms with Crippen molar-refractivity contribution in [2.24, 2.45) is 0 Å². The summed E-state index contributed by atoms with van der Waals surface area (Å²) in [6.45, 7) is -0.114. The van der Waals surface area contributed by atoms with Crippen LogP contribution in [0.25, 0.3) is 16.8 Å². The van der Waals surface area contributed by atoms with Crippen LogP contribution in [-0.2, 0) is 11.0 Å². The molecule has 0 radical (unpaired) electrons. The van der Waals surface area contributed by atoms with E-state index >= 15 is 0 Å². The van der Waals surface area contributed by atoms with Crippen LogP contribution in [0.2, 0.25) is 5.15 Å². The lowest BCUT2D eigenvalue weighted by Gasteiger charge is -2.13. The Balaban J connectivity index is 1.66. The van der Waals surface area contributed by atoms with Gasteiger partial charge >= 0.3 is 18.3 Å². The summed E-state index contributed by atoms with van der Waals surface area (Å²) >= 11 is 6.24. The first-order valence-corrected chi connectivity index (χ1v) is 9.90. The van der Waals surface area contributed by atoms with Gasteiger partial charge in [-0.2, -0.15) is 26.3 Å². The van der Waals surface area contributed by atoms with Gasteiger partial charge in [0.15, 0.2) is 11.3 Å². The average Bonchev–Trinajstić information content (AvgIpc) is 3.50. The first kappa shape index (κ1) is 23.7. The highest BCUT2D eigenvalue weighted by Crippen LogP contribution is 2.37. The molecule has 7 nitrogen and oxygen atoms in total. The van der Waals surface area contributed by atoms with Crippen molar-refractivity contribution in [1.82, 2.24) is 19.6 Å². The van der Waals surface area contributed by atoms with Crippen molar-refractivity contribution >= 4 is 29.1 Å². The number of alkyl halides is 6. The number of fused-ring (bicyclic) bond motifs is 1. The van der Waals surface area contributed by atoms with Gasteiger partial charge in [0.05, 0.1) is 18.1 Å². The van der Waals surface area contributed by atoms with Gasteiger partial charge in [-0.1, -0.05) is 11.6 Å². The number of carbonyl (C=O) groups is 2. The van der Waals surface area contributed by atoms with Gasteiger partial charge in [-0.15, -0.1) is 0 Å². The standard InChI is InChI=1S/C20H13ClF6N4O3/c21-15-14(17(32)30-3-1-10(7-30)6-28-18(33)20(25,26)27)29-16-13(19(22,23)24)5-12(8-31(15)16)11-2-4-34-9-11/h2,4-6,8-9H,1,3,7H2,(H,28,33)/b10-6-. The van der Waals surface area contributed by atoms with Gasteiger partial charge in [0, 0.05) is 36.6 Å². The molecule has 1 saturated heterocycles. The van der Waals surface area contributed by atoms with Crippen LogP contribution in [0.3, 0.4) is 0 Å². The summed E-state index contributed by atoms with van der Waals surface area (Å²) in [5, 5.41) is 1.24. The number of halogens is 7. The highest BCUT2D eigenvalue weighted by atomic mass is 35.5. The fourth-order valence-electron chi connectivity index (χ4n) is 3.42. The number of carbonyl (C=O) groups excluding carboxylic acids is 2. The number of imidazole rings is 1. The van der Waals surface area contributed by atoms with Gasteiger partial charge in [0.1, 0.15) is 5.15 Å². The molecule has 3 aromatic rings. The largest absolute Gasteiger partial charge is 0.472 e. The molecule has 1 aliphatic rings. The van der Waals surface area contributed by atoms with E-state index < -0.39 is 41.1 Å². The van der Waals surface area contributed by atoms with E-state index in [1.54, 1.807) is 5.32 Å². The molecule has 14 heteroatoms. The number of pyridine rings is 1. The summed E-state index contributed by atoms with van der Waals surface area (Å²) in [7, 11) is 0. The second-order valence-corrected chi connectivity index (χ2v) is 7.71. The smallest absolute Gasteiger partial charge is 0.471 e. The highest BCUT2D eigenvalue weighted by molar-refractivity contribution is 6.33. The van der Waals surface area contributed by atoms with Crippen LogP contribution in [0.15, 0.2) is 47.0 Å². The lowest BCUT2D eigenvalue weighted by atomic mass is 10.1. The number of furan rings is 1. The molecular formula is C20H13ClF6N4O3. The summed E-state index contributed by atoms with van der Waals surface area (Å²) in [6, 6.07) is 2.31. The first-order valence-electron chi connectivity index (χ1n) is 9.52. The Hall–Kier alpha value is -3.48. The van der Waals surface area contributed by atoms with E-state index in [0.29, 0.717) is 11.1 Å². The molecule has 0 spiro atoms. The maximum absolute atomic E-state index is 13.7. The molecule has 4 heterocycles. The second-order valence-electron chi connectivity index (χ2n) is 7.35. The van der Waals surface area contributed by atoms with Gasteiger partial charge < -0.3 is 14.6 Å². The lowest BCUT2D eigenvalue weighted by Crippen LogP contribution is -2.34. The Morgan fingerprint density at radius 1 is 1.18 bits per heavy atom. The Morgan fingerprint density at radius 2 is 1.91 bits per heavy atom. The molecule has 0 saturated carbocycles. The highest BCUT2D eigenvalue weighted by Gasteiger charge is 2.39. The van der Waals surface area contributed by atoms with E-state index in [1.807, 2.05) is 0 Å². The van der Waals surface area contributed by atoms with Crippen LogP contribution in [0.4, 0.5) is 26.3 Å². The summed E-state index contributed by atoms with van der Waals surface area (Å²) in [4.78, 5) is 28.9. The number of aromatic nitrogens is 2. The Morgan fingerprint density at radius 3 is 2.53 bits per heavy atom. The van der Waals surface area contributed by atoms with Crippen LogP contribution in [0, 0.1) is 0 Å². The van der Waals surface area contributed by atoms with Gasteiger partial charge in [0.2, 0.25) is 0 Å². The lowest BCUT2D eigenvalue weighted by molar-refractivity contribution is -0.172. The third-order valence-electron chi connectivity index (χ3n) is 5.07. The fraction of sp³-hybridized carbons (Fsp3) is 0.250. The molecule has 4 rings (SSSR count). The van der Waals surface area contributed by atoms with Crippen LogP contribution in [0.5, 0.6) is 0 Å². The molecule has 0 aromatic carbocycles. The summed E-state index contributed by atoms with van der Waals surface area (Å²) in [6.07, 6.45) is -5.07. The number of hydrogen-bond acceptors (Lipinski definition) is 4. The third kappa shape index (κ3) is 4.47. The molecule has 0 unspecified atom stereocenters. The maximum Gasteiger partial charge on any atom is 0.471 e. The van der Waals surface area contributed by atoms with Gasteiger partial charge in [-0.3, -0.25) is 14.0 Å². The van der Waals surface area contributed by atoms with Crippen molar-refractivity contribution in [3.8, 4) is 11.1 Å². The van der Waals surface area contributed by atoms with Crippen LogP contribution < -0.4 is 5.32 Å². The Bertz CT molecular complexity index is 1290. The average molecular weight is 507 g/mol. The summed E-state index contributed by atoms with van der Waals surface area (Å²) < 4.78 is 84.0. The minimum absolute atomic E-state index is 0.0448. The monoisotopic (exact) mass is 506 g/mol. The van der Waals surface area contributed by atoms with Crippen LogP contribution >= 0.6 is 11.6 Å². The molecule has 1 N–H and O–H groups in total. The van der Waals surface area contributed by atoms with E-state index in [9.17, 15) is 35.9 Å². The SMILES string of the molecule is O=C(c1nc2c(C(F)(F)F)cc(-c3ccoc3)cn2c1Cl)N1CC/C(=C/NC(=O)C(F)(F)F)C1. The molecular weight excluding hydrogens is 494 g/mol. The maximum atomic E-state index is 13.7. The number of hydrogen-bond donors (Lipinski definition) is 1. The zero-order valence-corrected chi connectivity index (χ0v) is 17.6. The van der Waals surface area contributed by atoms with Crippen LogP contribution in [0.1, 0.15) is 22.5 Å². The number of nitrogens with one attached hydrogen (secondary N) is 1. The third-order valence-corrected chi connectivity index (χ3v) is 5.43. The van der Waals surface area contributed by atoms with Crippen molar-refractivity contribution in [3.05, 3.63) is 59.0 Å². The zero-order valence-electron chi connectivity index (χ0n) is 16.8. The van der Waals surface area contributed by atoms with Crippen LogP contribution in [-0.4, -0.2) is 45.4 Å².